The maximum Gasteiger partial charge on any atom is 0.317 e. The topological polar surface area (TPSA) is 44.8 Å². The molecule has 2 amide bonds. The van der Waals surface area contributed by atoms with Gasteiger partial charge in [0.25, 0.3) is 0 Å². The van der Waals surface area contributed by atoms with Crippen molar-refractivity contribution in [1.82, 2.24) is 15.1 Å². The average Bonchev–Trinajstić information content (AvgIpc) is 3.00. The predicted molar refractivity (Wildman–Crippen MR) is 91.2 cm³/mol. The maximum atomic E-state index is 12.6. The Labute approximate surface area is 136 Å². The molecule has 2 atom stereocenters. The minimum Gasteiger partial charge on any atom is -0.376 e. The first-order chi connectivity index (χ1) is 10.5. The third-order valence-corrected chi connectivity index (χ3v) is 4.33. The molecule has 5 nitrogen and oxygen atoms in total. The van der Waals surface area contributed by atoms with Crippen molar-refractivity contribution in [2.75, 3.05) is 39.3 Å². The third kappa shape index (κ3) is 6.53. The molecule has 0 aliphatic carbocycles. The first-order valence-corrected chi connectivity index (χ1v) is 8.87. The van der Waals surface area contributed by atoms with Gasteiger partial charge in [0.15, 0.2) is 0 Å². The van der Waals surface area contributed by atoms with E-state index in [-0.39, 0.29) is 18.2 Å². The Kier molecular flexibility index (Phi) is 8.79. The summed E-state index contributed by atoms with van der Waals surface area (Å²) in [5.74, 6) is 0.473. The van der Waals surface area contributed by atoms with Crippen LogP contribution in [0.4, 0.5) is 4.79 Å². The number of ether oxygens (including phenoxy) is 1. The molecule has 1 heterocycles. The van der Waals surface area contributed by atoms with E-state index in [9.17, 15) is 4.79 Å². The standard InChI is InChI=1S/C17H35N3O2/c1-6-19(7-2)10-11-20(13-14(3)4)17(21)18-15(5)16-9-8-12-22-16/h14-16H,6-13H2,1-5H3,(H,18,21). The molecule has 2 unspecified atom stereocenters. The van der Waals surface area contributed by atoms with Crippen LogP contribution in [0.25, 0.3) is 0 Å². The van der Waals surface area contributed by atoms with E-state index in [4.69, 9.17) is 4.74 Å². The number of rotatable bonds is 9. The lowest BCUT2D eigenvalue weighted by Gasteiger charge is -2.30. The van der Waals surface area contributed by atoms with Gasteiger partial charge in [0, 0.05) is 26.2 Å². The highest BCUT2D eigenvalue weighted by atomic mass is 16.5. The van der Waals surface area contributed by atoms with Crippen molar-refractivity contribution in [2.45, 2.75) is 59.6 Å². The molecule has 1 rings (SSSR count). The van der Waals surface area contributed by atoms with Gasteiger partial charge in [-0.1, -0.05) is 27.7 Å². The zero-order valence-electron chi connectivity index (χ0n) is 15.1. The number of amides is 2. The van der Waals surface area contributed by atoms with Gasteiger partial charge in [0.1, 0.15) is 0 Å². The van der Waals surface area contributed by atoms with Crippen molar-refractivity contribution in [2.24, 2.45) is 5.92 Å². The van der Waals surface area contributed by atoms with Crippen molar-refractivity contribution in [3.63, 3.8) is 0 Å². The second-order valence-electron chi connectivity index (χ2n) is 6.66. The first kappa shape index (κ1) is 19.2. The molecule has 1 saturated heterocycles. The molecule has 130 valence electrons. The van der Waals surface area contributed by atoms with E-state index >= 15 is 0 Å². The molecule has 0 bridgehead atoms. The molecular formula is C17H35N3O2. The molecule has 0 aromatic carbocycles. The number of hydrogen-bond acceptors (Lipinski definition) is 3. The quantitative estimate of drug-likeness (QED) is 0.711. The smallest absolute Gasteiger partial charge is 0.317 e. The number of nitrogens with one attached hydrogen (secondary N) is 1. The van der Waals surface area contributed by atoms with E-state index in [2.05, 4.69) is 37.9 Å². The summed E-state index contributed by atoms with van der Waals surface area (Å²) >= 11 is 0. The Morgan fingerprint density at radius 3 is 2.41 bits per heavy atom. The molecule has 1 aliphatic heterocycles. The van der Waals surface area contributed by atoms with Crippen LogP contribution in [0.5, 0.6) is 0 Å². The van der Waals surface area contributed by atoms with Crippen LogP contribution in [0.1, 0.15) is 47.5 Å². The summed E-state index contributed by atoms with van der Waals surface area (Å²) in [4.78, 5) is 16.9. The number of hydrogen-bond donors (Lipinski definition) is 1. The molecule has 5 heteroatoms. The van der Waals surface area contributed by atoms with Crippen LogP contribution in [0, 0.1) is 5.92 Å². The van der Waals surface area contributed by atoms with Crippen LogP contribution in [0.3, 0.4) is 0 Å². The van der Waals surface area contributed by atoms with Gasteiger partial charge in [0.2, 0.25) is 0 Å². The van der Waals surface area contributed by atoms with Crippen LogP contribution in [0.15, 0.2) is 0 Å². The van der Waals surface area contributed by atoms with Gasteiger partial charge >= 0.3 is 6.03 Å². The lowest BCUT2D eigenvalue weighted by atomic mass is 10.1. The summed E-state index contributed by atoms with van der Waals surface area (Å²) < 4.78 is 5.67. The number of carbonyl (C=O) groups excluding carboxylic acids is 1. The zero-order chi connectivity index (χ0) is 16.5. The van der Waals surface area contributed by atoms with E-state index < -0.39 is 0 Å². The SMILES string of the molecule is CCN(CC)CCN(CC(C)C)C(=O)NC(C)C1CCCO1. The van der Waals surface area contributed by atoms with E-state index in [1.165, 1.54) is 0 Å². The Morgan fingerprint density at radius 2 is 1.91 bits per heavy atom. The van der Waals surface area contributed by atoms with Crippen molar-refractivity contribution < 1.29 is 9.53 Å². The second kappa shape index (κ2) is 10.1. The number of urea groups is 1. The number of likely N-dealkylation sites (N-methyl/N-ethyl adjacent to an activating group) is 1. The minimum absolute atomic E-state index is 0.0452. The normalized spacial score (nSPS) is 19.7. The van der Waals surface area contributed by atoms with E-state index in [1.54, 1.807) is 0 Å². The highest BCUT2D eigenvalue weighted by Crippen LogP contribution is 2.15. The fourth-order valence-corrected chi connectivity index (χ4v) is 2.89. The van der Waals surface area contributed by atoms with Gasteiger partial charge in [-0.3, -0.25) is 0 Å². The molecule has 0 spiro atoms. The Morgan fingerprint density at radius 1 is 1.23 bits per heavy atom. The van der Waals surface area contributed by atoms with Crippen LogP contribution in [0.2, 0.25) is 0 Å². The summed E-state index contributed by atoms with van der Waals surface area (Å²) in [7, 11) is 0. The third-order valence-electron chi connectivity index (χ3n) is 4.33. The van der Waals surface area contributed by atoms with Crippen LogP contribution in [-0.4, -0.2) is 67.3 Å². The molecule has 1 N–H and O–H groups in total. The average molecular weight is 313 g/mol. The van der Waals surface area contributed by atoms with E-state index in [0.29, 0.717) is 5.92 Å². The van der Waals surface area contributed by atoms with Crippen LogP contribution >= 0.6 is 0 Å². The van der Waals surface area contributed by atoms with Crippen molar-refractivity contribution in [1.29, 1.82) is 0 Å². The lowest BCUT2D eigenvalue weighted by Crippen LogP contribution is -2.50. The van der Waals surface area contributed by atoms with Gasteiger partial charge in [-0.05, 0) is 38.8 Å². The van der Waals surface area contributed by atoms with Crippen molar-refractivity contribution in [3.05, 3.63) is 0 Å². The number of carbonyl (C=O) groups is 1. The Bertz CT molecular complexity index is 313. The number of nitrogens with zero attached hydrogens (tertiary/aromatic N) is 2. The van der Waals surface area contributed by atoms with Gasteiger partial charge in [-0.2, -0.15) is 0 Å². The fourth-order valence-electron chi connectivity index (χ4n) is 2.89. The second-order valence-corrected chi connectivity index (χ2v) is 6.66. The predicted octanol–water partition coefficient (Wildman–Crippen LogP) is 2.56. The van der Waals surface area contributed by atoms with Crippen LogP contribution < -0.4 is 5.32 Å². The van der Waals surface area contributed by atoms with Crippen LogP contribution in [-0.2, 0) is 4.74 Å². The summed E-state index contributed by atoms with van der Waals surface area (Å²) in [6, 6.07) is 0.127. The molecule has 1 aliphatic rings. The lowest BCUT2D eigenvalue weighted by molar-refractivity contribution is 0.0825. The molecule has 0 radical (unpaired) electrons. The van der Waals surface area contributed by atoms with Gasteiger partial charge in [0.05, 0.1) is 12.1 Å². The molecular weight excluding hydrogens is 278 g/mol. The zero-order valence-corrected chi connectivity index (χ0v) is 15.1. The minimum atomic E-state index is 0.0452. The summed E-state index contributed by atoms with van der Waals surface area (Å²) in [5, 5.41) is 3.13. The maximum absolute atomic E-state index is 12.6. The Hall–Kier alpha value is -0.810. The first-order valence-electron chi connectivity index (χ1n) is 8.87. The largest absolute Gasteiger partial charge is 0.376 e. The van der Waals surface area contributed by atoms with Gasteiger partial charge in [-0.15, -0.1) is 0 Å². The van der Waals surface area contributed by atoms with Gasteiger partial charge in [-0.25, -0.2) is 4.79 Å². The molecule has 0 saturated carbocycles. The van der Waals surface area contributed by atoms with Gasteiger partial charge < -0.3 is 19.9 Å². The van der Waals surface area contributed by atoms with Crippen molar-refractivity contribution in [3.8, 4) is 0 Å². The fraction of sp³-hybridized carbons (Fsp3) is 0.941. The Balaban J connectivity index is 2.51. The van der Waals surface area contributed by atoms with Crippen molar-refractivity contribution >= 4 is 6.03 Å². The highest BCUT2D eigenvalue weighted by molar-refractivity contribution is 5.74. The van der Waals surface area contributed by atoms with E-state index in [1.807, 2.05) is 11.8 Å². The molecule has 0 aromatic heterocycles. The monoisotopic (exact) mass is 313 g/mol. The summed E-state index contributed by atoms with van der Waals surface area (Å²) in [5.41, 5.74) is 0. The molecule has 1 fully saturated rings. The summed E-state index contributed by atoms with van der Waals surface area (Å²) in [6.45, 7) is 16.1. The molecule has 0 aromatic rings. The van der Waals surface area contributed by atoms with E-state index in [0.717, 1.165) is 52.2 Å². The molecule has 22 heavy (non-hydrogen) atoms. The highest BCUT2D eigenvalue weighted by Gasteiger charge is 2.25. The summed E-state index contributed by atoms with van der Waals surface area (Å²) in [6.07, 6.45) is 2.32.